The molecule has 0 aliphatic heterocycles. The summed E-state index contributed by atoms with van der Waals surface area (Å²) in [5.41, 5.74) is 3.68. The van der Waals surface area contributed by atoms with Crippen LogP contribution in [0.2, 0.25) is 0 Å². The Morgan fingerprint density at radius 2 is 1.96 bits per heavy atom. The Kier molecular flexibility index (Phi) is 4.30. The van der Waals surface area contributed by atoms with E-state index >= 15 is 0 Å². The van der Waals surface area contributed by atoms with Gasteiger partial charge >= 0.3 is 0 Å². The minimum atomic E-state index is -0.0925. The molecule has 0 aliphatic rings. The molecule has 0 spiro atoms. The largest absolute Gasteiger partial charge is 0.466 e. The molecule has 2 aromatic heterocycles. The Morgan fingerprint density at radius 1 is 1.22 bits per heavy atom. The summed E-state index contributed by atoms with van der Waals surface area (Å²) in [6, 6.07) is 9.47. The third kappa shape index (κ3) is 3.51. The van der Waals surface area contributed by atoms with Crippen molar-refractivity contribution in [2.75, 3.05) is 0 Å². The van der Waals surface area contributed by atoms with Gasteiger partial charge in [-0.05, 0) is 39.0 Å². The molecular formula is C18H18N2O2S. The lowest BCUT2D eigenvalue weighted by Gasteiger charge is -2.05. The summed E-state index contributed by atoms with van der Waals surface area (Å²) in [5.74, 6) is 1.61. The Hall–Kier alpha value is -2.40. The number of nitrogens with zero attached hydrogens (tertiary/aromatic N) is 1. The molecule has 0 fully saturated rings. The van der Waals surface area contributed by atoms with Gasteiger partial charge in [-0.25, -0.2) is 4.98 Å². The number of hydrogen-bond acceptors (Lipinski definition) is 4. The van der Waals surface area contributed by atoms with Gasteiger partial charge in [0.25, 0.3) is 5.91 Å². The normalized spacial score (nSPS) is 10.7. The smallest absolute Gasteiger partial charge is 0.251 e. The fourth-order valence-corrected chi connectivity index (χ4v) is 3.19. The average molecular weight is 326 g/mol. The molecule has 0 radical (unpaired) electrons. The fourth-order valence-electron chi connectivity index (χ4n) is 2.39. The second-order valence-corrected chi connectivity index (χ2v) is 6.35. The van der Waals surface area contributed by atoms with Gasteiger partial charge in [0.2, 0.25) is 0 Å². The molecule has 1 N–H and O–H groups in total. The highest BCUT2D eigenvalue weighted by Crippen LogP contribution is 2.23. The summed E-state index contributed by atoms with van der Waals surface area (Å²) in [6.45, 7) is 6.24. The minimum absolute atomic E-state index is 0.0925. The van der Waals surface area contributed by atoms with Gasteiger partial charge in [-0.15, -0.1) is 11.3 Å². The van der Waals surface area contributed by atoms with Gasteiger partial charge < -0.3 is 9.73 Å². The van der Waals surface area contributed by atoms with Gasteiger partial charge in [-0.2, -0.15) is 0 Å². The standard InChI is InChI=1S/C18H18N2O2S/c1-11-10-23-18(20-11)15-6-4-14(5-7-15)17(21)19-9-16-8-12(2)22-13(16)3/h4-8,10H,9H2,1-3H3,(H,19,21). The summed E-state index contributed by atoms with van der Waals surface area (Å²) >= 11 is 1.61. The maximum absolute atomic E-state index is 12.2. The van der Waals surface area contributed by atoms with Crippen molar-refractivity contribution in [3.63, 3.8) is 0 Å². The van der Waals surface area contributed by atoms with Crippen molar-refractivity contribution in [1.82, 2.24) is 10.3 Å². The van der Waals surface area contributed by atoms with E-state index in [4.69, 9.17) is 4.42 Å². The van der Waals surface area contributed by atoms with Crippen LogP contribution in [0.3, 0.4) is 0 Å². The van der Waals surface area contributed by atoms with Crippen molar-refractivity contribution in [2.45, 2.75) is 27.3 Å². The third-order valence-electron chi connectivity index (χ3n) is 3.60. The van der Waals surface area contributed by atoms with Crippen LogP contribution in [0.4, 0.5) is 0 Å². The number of amides is 1. The average Bonchev–Trinajstić information content (AvgIpc) is 3.10. The lowest BCUT2D eigenvalue weighted by molar-refractivity contribution is 0.0951. The SMILES string of the molecule is Cc1csc(-c2ccc(C(=O)NCc3cc(C)oc3C)cc2)n1. The monoisotopic (exact) mass is 326 g/mol. The molecule has 0 aliphatic carbocycles. The second-order valence-electron chi connectivity index (χ2n) is 5.49. The van der Waals surface area contributed by atoms with E-state index in [0.29, 0.717) is 12.1 Å². The van der Waals surface area contributed by atoms with E-state index in [-0.39, 0.29) is 5.91 Å². The second kappa shape index (κ2) is 6.38. The van der Waals surface area contributed by atoms with E-state index in [1.54, 1.807) is 11.3 Å². The summed E-state index contributed by atoms with van der Waals surface area (Å²) < 4.78 is 5.46. The van der Waals surface area contributed by atoms with E-state index < -0.39 is 0 Å². The van der Waals surface area contributed by atoms with Crippen LogP contribution in [0, 0.1) is 20.8 Å². The molecule has 3 aromatic rings. The molecule has 4 nitrogen and oxygen atoms in total. The van der Waals surface area contributed by atoms with Crippen molar-refractivity contribution in [2.24, 2.45) is 0 Å². The van der Waals surface area contributed by atoms with E-state index in [1.165, 1.54) is 0 Å². The van der Waals surface area contributed by atoms with E-state index in [0.717, 1.165) is 33.3 Å². The van der Waals surface area contributed by atoms with Gasteiger partial charge in [0, 0.05) is 34.3 Å². The van der Waals surface area contributed by atoms with E-state index in [2.05, 4.69) is 10.3 Å². The molecule has 5 heteroatoms. The van der Waals surface area contributed by atoms with Crippen LogP contribution in [0.5, 0.6) is 0 Å². The number of carbonyl (C=O) groups is 1. The number of nitrogens with one attached hydrogen (secondary N) is 1. The topological polar surface area (TPSA) is 55.1 Å². The molecule has 1 aromatic carbocycles. The van der Waals surface area contributed by atoms with Crippen LogP contribution in [-0.2, 0) is 6.54 Å². The molecule has 3 rings (SSSR count). The maximum atomic E-state index is 12.2. The van der Waals surface area contributed by atoms with Crippen molar-refractivity contribution in [3.05, 3.63) is 64.1 Å². The van der Waals surface area contributed by atoms with Gasteiger partial charge in [0.15, 0.2) is 0 Å². The van der Waals surface area contributed by atoms with Crippen LogP contribution < -0.4 is 5.32 Å². The Balaban J connectivity index is 1.67. The lowest BCUT2D eigenvalue weighted by atomic mass is 10.1. The van der Waals surface area contributed by atoms with Crippen LogP contribution >= 0.6 is 11.3 Å². The third-order valence-corrected chi connectivity index (χ3v) is 4.61. The van der Waals surface area contributed by atoms with Crippen LogP contribution in [0.1, 0.15) is 33.1 Å². The number of thiazole rings is 1. The number of aromatic nitrogens is 1. The number of rotatable bonds is 4. The van der Waals surface area contributed by atoms with Crippen molar-refractivity contribution < 1.29 is 9.21 Å². The Labute approximate surface area is 139 Å². The first-order valence-corrected chi connectivity index (χ1v) is 8.27. The molecule has 0 unspecified atom stereocenters. The summed E-state index contributed by atoms with van der Waals surface area (Å²) in [4.78, 5) is 16.7. The zero-order valence-electron chi connectivity index (χ0n) is 13.3. The molecule has 1 amide bonds. The van der Waals surface area contributed by atoms with Crippen LogP contribution in [0.15, 0.2) is 40.1 Å². The van der Waals surface area contributed by atoms with Crippen molar-refractivity contribution >= 4 is 17.2 Å². The molecule has 0 saturated carbocycles. The summed E-state index contributed by atoms with van der Waals surface area (Å²) in [5, 5.41) is 5.91. The summed E-state index contributed by atoms with van der Waals surface area (Å²) in [7, 11) is 0. The lowest BCUT2D eigenvalue weighted by Crippen LogP contribution is -2.22. The molecule has 2 heterocycles. The number of carbonyl (C=O) groups excluding carboxylic acids is 1. The predicted octanol–water partition coefficient (Wildman–Crippen LogP) is 4.26. The fraction of sp³-hybridized carbons (Fsp3) is 0.222. The first kappa shape index (κ1) is 15.5. The van der Waals surface area contributed by atoms with Crippen LogP contribution in [0.25, 0.3) is 10.6 Å². The Bertz CT molecular complexity index is 831. The molecule has 0 atom stereocenters. The molecular weight excluding hydrogens is 308 g/mol. The van der Waals surface area contributed by atoms with Crippen molar-refractivity contribution in [3.8, 4) is 10.6 Å². The van der Waals surface area contributed by atoms with Gasteiger partial charge in [-0.1, -0.05) is 12.1 Å². The number of furan rings is 1. The number of hydrogen-bond donors (Lipinski definition) is 1. The predicted molar refractivity (Wildman–Crippen MR) is 91.6 cm³/mol. The highest BCUT2D eigenvalue weighted by Gasteiger charge is 2.09. The molecule has 23 heavy (non-hydrogen) atoms. The van der Waals surface area contributed by atoms with E-state index in [1.807, 2.05) is 56.5 Å². The summed E-state index contributed by atoms with van der Waals surface area (Å²) in [6.07, 6.45) is 0. The molecule has 0 bridgehead atoms. The molecule has 0 saturated heterocycles. The maximum Gasteiger partial charge on any atom is 0.251 e. The highest BCUT2D eigenvalue weighted by atomic mass is 32.1. The van der Waals surface area contributed by atoms with Gasteiger partial charge in [0.1, 0.15) is 16.5 Å². The minimum Gasteiger partial charge on any atom is -0.466 e. The first-order chi connectivity index (χ1) is 11.0. The highest BCUT2D eigenvalue weighted by molar-refractivity contribution is 7.13. The zero-order chi connectivity index (χ0) is 16.4. The quantitative estimate of drug-likeness (QED) is 0.779. The van der Waals surface area contributed by atoms with Gasteiger partial charge in [0.05, 0.1) is 0 Å². The molecule has 118 valence electrons. The Morgan fingerprint density at radius 3 is 2.52 bits per heavy atom. The van der Waals surface area contributed by atoms with Gasteiger partial charge in [-0.3, -0.25) is 4.79 Å². The van der Waals surface area contributed by atoms with Crippen LogP contribution in [-0.4, -0.2) is 10.9 Å². The zero-order valence-corrected chi connectivity index (χ0v) is 14.2. The number of benzene rings is 1. The van der Waals surface area contributed by atoms with Crippen molar-refractivity contribution in [1.29, 1.82) is 0 Å². The first-order valence-electron chi connectivity index (χ1n) is 7.39. The van der Waals surface area contributed by atoms with E-state index in [9.17, 15) is 4.79 Å². The number of aryl methyl sites for hydroxylation is 3.